The van der Waals surface area contributed by atoms with Gasteiger partial charge >= 0.3 is 0 Å². The van der Waals surface area contributed by atoms with Gasteiger partial charge in [0.1, 0.15) is 0 Å². The van der Waals surface area contributed by atoms with E-state index in [1.54, 1.807) is 12.4 Å². The highest BCUT2D eigenvalue weighted by Gasteiger charge is 2.18. The molecule has 1 unspecified atom stereocenters. The molecule has 0 aromatic carbocycles. The van der Waals surface area contributed by atoms with Crippen molar-refractivity contribution in [3.63, 3.8) is 0 Å². The quantitative estimate of drug-likeness (QED) is 0.862. The fraction of sp³-hybridized carbons (Fsp3) is 0.417. The zero-order chi connectivity index (χ0) is 12.3. The van der Waals surface area contributed by atoms with Crippen LogP contribution < -0.4 is 5.32 Å². The van der Waals surface area contributed by atoms with E-state index < -0.39 is 0 Å². The molecule has 0 saturated heterocycles. The van der Waals surface area contributed by atoms with Crippen LogP contribution in [0.25, 0.3) is 0 Å². The Morgan fingerprint density at radius 2 is 2.29 bits per heavy atom. The third kappa shape index (κ3) is 2.19. The van der Waals surface area contributed by atoms with Crippen LogP contribution in [-0.2, 0) is 6.54 Å². The maximum absolute atomic E-state index is 4.32. The van der Waals surface area contributed by atoms with Gasteiger partial charge in [0, 0.05) is 18.4 Å². The number of nitrogens with zero attached hydrogens (tertiary/aromatic N) is 4. The van der Waals surface area contributed by atoms with Crippen LogP contribution in [0.4, 0.5) is 0 Å². The summed E-state index contributed by atoms with van der Waals surface area (Å²) in [6.45, 7) is 4.88. The van der Waals surface area contributed by atoms with Crippen molar-refractivity contribution in [3.8, 4) is 0 Å². The first kappa shape index (κ1) is 11.7. The summed E-state index contributed by atoms with van der Waals surface area (Å²) in [6, 6.07) is 4.11. The van der Waals surface area contributed by atoms with Gasteiger partial charge in [-0.15, -0.1) is 5.10 Å². The van der Waals surface area contributed by atoms with Crippen molar-refractivity contribution in [1.29, 1.82) is 0 Å². The van der Waals surface area contributed by atoms with E-state index in [0.717, 1.165) is 23.5 Å². The number of aromatic nitrogens is 4. The average molecular weight is 231 g/mol. The smallest absolute Gasteiger partial charge is 0.0802 e. The lowest BCUT2D eigenvalue weighted by Gasteiger charge is -2.18. The minimum Gasteiger partial charge on any atom is -0.308 e. The van der Waals surface area contributed by atoms with Crippen molar-refractivity contribution in [2.24, 2.45) is 0 Å². The summed E-state index contributed by atoms with van der Waals surface area (Å²) in [7, 11) is 1.93. The van der Waals surface area contributed by atoms with Gasteiger partial charge in [-0.05, 0) is 32.5 Å². The van der Waals surface area contributed by atoms with Crippen LogP contribution in [0.3, 0.4) is 0 Å². The molecule has 17 heavy (non-hydrogen) atoms. The number of rotatable bonds is 4. The highest BCUT2D eigenvalue weighted by atomic mass is 15.4. The van der Waals surface area contributed by atoms with Crippen molar-refractivity contribution in [2.45, 2.75) is 26.4 Å². The summed E-state index contributed by atoms with van der Waals surface area (Å²) in [5, 5.41) is 11.3. The second-order valence-electron chi connectivity index (χ2n) is 3.87. The molecule has 0 bridgehead atoms. The van der Waals surface area contributed by atoms with E-state index in [0.29, 0.717) is 0 Å². The van der Waals surface area contributed by atoms with Gasteiger partial charge in [0.25, 0.3) is 0 Å². The Bertz CT molecular complexity index is 491. The summed E-state index contributed by atoms with van der Waals surface area (Å²) >= 11 is 0. The molecule has 1 N–H and O–H groups in total. The van der Waals surface area contributed by atoms with Crippen LogP contribution >= 0.6 is 0 Å². The van der Waals surface area contributed by atoms with Gasteiger partial charge < -0.3 is 5.32 Å². The Hall–Kier alpha value is -1.75. The molecule has 2 heterocycles. The first-order chi connectivity index (χ1) is 8.27. The zero-order valence-corrected chi connectivity index (χ0v) is 10.4. The van der Waals surface area contributed by atoms with E-state index in [-0.39, 0.29) is 6.04 Å². The van der Waals surface area contributed by atoms with Crippen molar-refractivity contribution in [3.05, 3.63) is 41.5 Å². The molecule has 0 amide bonds. The fourth-order valence-corrected chi connectivity index (χ4v) is 2.00. The van der Waals surface area contributed by atoms with Crippen molar-refractivity contribution >= 4 is 0 Å². The van der Waals surface area contributed by atoms with E-state index in [1.807, 2.05) is 24.7 Å². The fourth-order valence-electron chi connectivity index (χ4n) is 2.00. The van der Waals surface area contributed by atoms with Crippen LogP contribution in [0.1, 0.15) is 29.9 Å². The third-order valence-corrected chi connectivity index (χ3v) is 2.89. The largest absolute Gasteiger partial charge is 0.308 e. The number of hydrogen-bond donors (Lipinski definition) is 1. The Labute approximate surface area is 101 Å². The molecule has 0 aliphatic carbocycles. The van der Waals surface area contributed by atoms with E-state index in [4.69, 9.17) is 0 Å². The Kier molecular flexibility index (Phi) is 3.49. The van der Waals surface area contributed by atoms with Gasteiger partial charge in [0.05, 0.1) is 17.9 Å². The molecular weight excluding hydrogens is 214 g/mol. The molecule has 90 valence electrons. The van der Waals surface area contributed by atoms with E-state index >= 15 is 0 Å². The van der Waals surface area contributed by atoms with Gasteiger partial charge in [0.2, 0.25) is 0 Å². The average Bonchev–Trinajstić information content (AvgIpc) is 2.81. The first-order valence-corrected chi connectivity index (χ1v) is 5.75. The van der Waals surface area contributed by atoms with Crippen LogP contribution in [0.2, 0.25) is 0 Å². The monoisotopic (exact) mass is 231 g/mol. The zero-order valence-electron chi connectivity index (χ0n) is 10.4. The molecule has 0 radical (unpaired) electrons. The van der Waals surface area contributed by atoms with Gasteiger partial charge in [0.15, 0.2) is 0 Å². The second kappa shape index (κ2) is 5.05. The molecule has 2 aromatic rings. The topological polar surface area (TPSA) is 55.6 Å². The van der Waals surface area contributed by atoms with E-state index in [9.17, 15) is 0 Å². The number of hydrogen-bond acceptors (Lipinski definition) is 4. The molecule has 0 fully saturated rings. The minimum absolute atomic E-state index is 0.0821. The lowest BCUT2D eigenvalue weighted by Crippen LogP contribution is -2.22. The van der Waals surface area contributed by atoms with Crippen molar-refractivity contribution in [2.75, 3.05) is 7.05 Å². The highest BCUT2D eigenvalue weighted by molar-refractivity contribution is 5.29. The maximum Gasteiger partial charge on any atom is 0.0802 e. The third-order valence-electron chi connectivity index (χ3n) is 2.89. The Balaban J connectivity index is 2.44. The van der Waals surface area contributed by atoms with Gasteiger partial charge in [-0.1, -0.05) is 11.3 Å². The number of aryl methyl sites for hydroxylation is 2. The van der Waals surface area contributed by atoms with E-state index in [1.165, 1.54) is 0 Å². The lowest BCUT2D eigenvalue weighted by molar-refractivity contribution is 0.550. The van der Waals surface area contributed by atoms with Crippen LogP contribution in [0, 0.1) is 6.92 Å². The maximum atomic E-state index is 4.32. The molecule has 0 aliphatic rings. The number of nitrogens with one attached hydrogen (secondary N) is 1. The number of pyridine rings is 1. The predicted molar refractivity (Wildman–Crippen MR) is 65.6 cm³/mol. The molecule has 2 aromatic heterocycles. The Morgan fingerprint density at radius 3 is 2.94 bits per heavy atom. The normalized spacial score (nSPS) is 12.6. The predicted octanol–water partition coefficient (Wildman–Crippen LogP) is 1.31. The summed E-state index contributed by atoms with van der Waals surface area (Å²) in [5.41, 5.74) is 3.24. The summed E-state index contributed by atoms with van der Waals surface area (Å²) in [4.78, 5) is 4.32. The molecule has 1 atom stereocenters. The summed E-state index contributed by atoms with van der Waals surface area (Å²) in [5.74, 6) is 0. The standard InChI is InChI=1S/C12H17N5/c1-4-17-11(8-15-16-17)12(13-3)10-6-5-7-14-9(10)2/h5-8,12-13H,4H2,1-3H3. The SMILES string of the molecule is CCn1nncc1C(NC)c1cccnc1C. The summed E-state index contributed by atoms with van der Waals surface area (Å²) in [6.07, 6.45) is 3.61. The molecule has 5 heteroatoms. The Morgan fingerprint density at radius 1 is 1.47 bits per heavy atom. The summed E-state index contributed by atoms with van der Waals surface area (Å²) < 4.78 is 1.90. The molecule has 0 saturated carbocycles. The lowest BCUT2D eigenvalue weighted by atomic mass is 10.0. The first-order valence-electron chi connectivity index (χ1n) is 5.75. The van der Waals surface area contributed by atoms with Crippen molar-refractivity contribution in [1.82, 2.24) is 25.3 Å². The molecule has 0 spiro atoms. The van der Waals surface area contributed by atoms with Gasteiger partial charge in [-0.3, -0.25) is 4.98 Å². The van der Waals surface area contributed by atoms with Gasteiger partial charge in [-0.25, -0.2) is 4.68 Å². The van der Waals surface area contributed by atoms with Crippen LogP contribution in [-0.4, -0.2) is 27.0 Å². The van der Waals surface area contributed by atoms with Crippen LogP contribution in [0.5, 0.6) is 0 Å². The molecule has 5 nitrogen and oxygen atoms in total. The van der Waals surface area contributed by atoms with Crippen LogP contribution in [0.15, 0.2) is 24.5 Å². The van der Waals surface area contributed by atoms with Gasteiger partial charge in [-0.2, -0.15) is 0 Å². The minimum atomic E-state index is 0.0821. The molecule has 0 aliphatic heterocycles. The van der Waals surface area contributed by atoms with E-state index in [2.05, 4.69) is 33.6 Å². The molecular formula is C12H17N5. The second-order valence-corrected chi connectivity index (χ2v) is 3.87. The molecule has 2 rings (SSSR count). The highest BCUT2D eigenvalue weighted by Crippen LogP contribution is 2.22. The van der Waals surface area contributed by atoms with Crippen molar-refractivity contribution < 1.29 is 0 Å².